The van der Waals surface area contributed by atoms with Crippen molar-refractivity contribution in [3.63, 3.8) is 0 Å². The molecule has 0 aliphatic carbocycles. The summed E-state index contributed by atoms with van der Waals surface area (Å²) in [6.45, 7) is 5.02. The number of rotatable bonds is 4. The number of anilines is 1. The van der Waals surface area contributed by atoms with E-state index in [0.29, 0.717) is 6.54 Å². The molecule has 0 saturated carbocycles. The molecule has 3 rings (SSSR count). The smallest absolute Gasteiger partial charge is 0.107 e. The molecule has 3 nitrogen and oxygen atoms in total. The molecule has 0 unspecified atom stereocenters. The topological polar surface area (TPSA) is 42.1 Å². The Bertz CT molecular complexity index is 568. The summed E-state index contributed by atoms with van der Waals surface area (Å²) in [7, 11) is 0. The summed E-state index contributed by atoms with van der Waals surface area (Å²) in [5.74, 6) is 0. The highest BCUT2D eigenvalue weighted by Gasteiger charge is 2.12. The van der Waals surface area contributed by atoms with Gasteiger partial charge in [-0.25, -0.2) is 4.98 Å². The summed E-state index contributed by atoms with van der Waals surface area (Å²) in [4.78, 5) is 8.29. The number of nitrogens with zero attached hydrogens (tertiary/aromatic N) is 2. The Kier molecular flexibility index (Phi) is 4.03. The van der Waals surface area contributed by atoms with E-state index in [1.54, 1.807) is 11.3 Å². The van der Waals surface area contributed by atoms with E-state index in [-0.39, 0.29) is 0 Å². The minimum absolute atomic E-state index is 0.541. The van der Waals surface area contributed by atoms with E-state index in [1.807, 2.05) is 0 Å². The number of thiazole rings is 1. The summed E-state index contributed by atoms with van der Waals surface area (Å²) in [6.07, 6.45) is 3.61. The molecule has 1 aliphatic rings. The Labute approximate surface area is 124 Å². The van der Waals surface area contributed by atoms with Gasteiger partial charge in [0.1, 0.15) is 5.01 Å². The first-order valence-corrected chi connectivity index (χ1v) is 8.07. The highest BCUT2D eigenvalue weighted by atomic mass is 32.1. The second-order valence-corrected chi connectivity index (χ2v) is 6.53. The molecule has 0 radical (unpaired) electrons. The molecule has 20 heavy (non-hydrogen) atoms. The monoisotopic (exact) mass is 287 g/mol. The van der Waals surface area contributed by atoms with Crippen LogP contribution in [-0.4, -0.2) is 18.1 Å². The number of aryl methyl sites for hydroxylation is 1. The van der Waals surface area contributed by atoms with Crippen molar-refractivity contribution in [2.75, 3.05) is 18.0 Å². The highest BCUT2D eigenvalue weighted by Crippen LogP contribution is 2.24. The van der Waals surface area contributed by atoms with Gasteiger partial charge < -0.3 is 10.6 Å². The normalized spacial score (nSPS) is 15.0. The van der Waals surface area contributed by atoms with Gasteiger partial charge in [0.25, 0.3) is 0 Å². The maximum atomic E-state index is 5.66. The van der Waals surface area contributed by atoms with Gasteiger partial charge in [0.05, 0.1) is 5.69 Å². The molecule has 1 aliphatic heterocycles. The molecule has 4 heteroatoms. The lowest BCUT2D eigenvalue weighted by Gasteiger charge is -2.17. The second kappa shape index (κ2) is 5.94. The molecule has 1 saturated heterocycles. The summed E-state index contributed by atoms with van der Waals surface area (Å²) < 4.78 is 0. The van der Waals surface area contributed by atoms with Gasteiger partial charge in [-0.1, -0.05) is 12.1 Å². The molecule has 0 spiro atoms. The zero-order valence-electron chi connectivity index (χ0n) is 11.9. The lowest BCUT2D eigenvalue weighted by molar-refractivity contribution is 0.949. The van der Waals surface area contributed by atoms with Gasteiger partial charge in [-0.2, -0.15) is 0 Å². The van der Waals surface area contributed by atoms with Crippen LogP contribution in [0.15, 0.2) is 24.3 Å². The lowest BCUT2D eigenvalue weighted by Crippen LogP contribution is -2.17. The van der Waals surface area contributed by atoms with E-state index in [1.165, 1.54) is 42.1 Å². The standard InChI is InChI=1S/C16H21N3S/c1-12-15(20-16(11-17)18-12)10-13-4-6-14(7-5-13)19-8-2-3-9-19/h4-7H,2-3,8-11,17H2,1H3. The third-order valence-electron chi connectivity index (χ3n) is 3.88. The van der Waals surface area contributed by atoms with E-state index >= 15 is 0 Å². The third kappa shape index (κ3) is 2.86. The number of hydrogen-bond donors (Lipinski definition) is 1. The molecule has 0 atom stereocenters. The minimum atomic E-state index is 0.541. The van der Waals surface area contributed by atoms with Gasteiger partial charge in [-0.3, -0.25) is 0 Å². The van der Waals surface area contributed by atoms with E-state index in [4.69, 9.17) is 5.73 Å². The molecule has 2 heterocycles. The van der Waals surface area contributed by atoms with Gasteiger partial charge in [-0.15, -0.1) is 11.3 Å². The maximum Gasteiger partial charge on any atom is 0.107 e. The minimum Gasteiger partial charge on any atom is -0.372 e. The Balaban J connectivity index is 1.72. The largest absolute Gasteiger partial charge is 0.372 e. The van der Waals surface area contributed by atoms with Gasteiger partial charge in [0.15, 0.2) is 0 Å². The molecule has 1 aromatic carbocycles. The summed E-state index contributed by atoms with van der Waals surface area (Å²) in [5, 5.41) is 1.03. The zero-order valence-corrected chi connectivity index (χ0v) is 12.7. The molecule has 2 N–H and O–H groups in total. The van der Waals surface area contributed by atoms with Crippen molar-refractivity contribution in [1.29, 1.82) is 0 Å². The number of hydrogen-bond acceptors (Lipinski definition) is 4. The summed E-state index contributed by atoms with van der Waals surface area (Å²) in [6, 6.07) is 8.99. The van der Waals surface area contributed by atoms with Gasteiger partial charge >= 0.3 is 0 Å². The fraction of sp³-hybridized carbons (Fsp3) is 0.438. The number of benzene rings is 1. The predicted octanol–water partition coefficient (Wildman–Crippen LogP) is 3.10. The second-order valence-electron chi connectivity index (χ2n) is 5.36. The molecule has 106 valence electrons. The lowest BCUT2D eigenvalue weighted by atomic mass is 10.1. The first kappa shape index (κ1) is 13.6. The molecule has 0 amide bonds. The number of nitrogens with two attached hydrogens (primary N) is 1. The fourth-order valence-corrected chi connectivity index (χ4v) is 3.71. The average molecular weight is 287 g/mol. The maximum absolute atomic E-state index is 5.66. The van der Waals surface area contributed by atoms with Crippen molar-refractivity contribution in [3.8, 4) is 0 Å². The zero-order chi connectivity index (χ0) is 13.9. The quantitative estimate of drug-likeness (QED) is 0.939. The molecule has 1 aromatic heterocycles. The van der Waals surface area contributed by atoms with Crippen LogP contribution < -0.4 is 10.6 Å². The van der Waals surface area contributed by atoms with Crippen molar-refractivity contribution in [2.24, 2.45) is 5.73 Å². The fourth-order valence-electron chi connectivity index (χ4n) is 2.72. The van der Waals surface area contributed by atoms with Gasteiger partial charge in [-0.05, 0) is 37.5 Å². The van der Waals surface area contributed by atoms with Crippen LogP contribution in [-0.2, 0) is 13.0 Å². The van der Waals surface area contributed by atoms with Crippen LogP contribution in [0.3, 0.4) is 0 Å². The SMILES string of the molecule is Cc1nc(CN)sc1Cc1ccc(N2CCCC2)cc1. The van der Waals surface area contributed by atoms with Crippen molar-refractivity contribution in [1.82, 2.24) is 4.98 Å². The van der Waals surface area contributed by atoms with Crippen molar-refractivity contribution in [2.45, 2.75) is 32.7 Å². The number of aromatic nitrogens is 1. The van der Waals surface area contributed by atoms with Crippen LogP contribution in [0.25, 0.3) is 0 Å². The van der Waals surface area contributed by atoms with Crippen LogP contribution >= 0.6 is 11.3 Å². The van der Waals surface area contributed by atoms with E-state index in [0.717, 1.165) is 17.1 Å². The Morgan fingerprint density at radius 1 is 1.20 bits per heavy atom. The van der Waals surface area contributed by atoms with E-state index in [9.17, 15) is 0 Å². The third-order valence-corrected chi connectivity index (χ3v) is 5.06. The highest BCUT2D eigenvalue weighted by molar-refractivity contribution is 7.11. The van der Waals surface area contributed by atoms with Crippen LogP contribution in [0.5, 0.6) is 0 Å². The Hall–Kier alpha value is -1.39. The molecule has 1 fully saturated rings. The van der Waals surface area contributed by atoms with Crippen molar-refractivity contribution < 1.29 is 0 Å². The van der Waals surface area contributed by atoms with Crippen molar-refractivity contribution in [3.05, 3.63) is 45.4 Å². The summed E-state index contributed by atoms with van der Waals surface area (Å²) in [5.41, 5.74) is 9.49. The van der Waals surface area contributed by atoms with Gasteiger partial charge in [0, 0.05) is 36.6 Å². The summed E-state index contributed by atoms with van der Waals surface area (Å²) >= 11 is 1.74. The van der Waals surface area contributed by atoms with Gasteiger partial charge in [0.2, 0.25) is 0 Å². The Morgan fingerprint density at radius 2 is 1.90 bits per heavy atom. The Morgan fingerprint density at radius 3 is 2.50 bits per heavy atom. The molecular weight excluding hydrogens is 266 g/mol. The molecule has 0 bridgehead atoms. The van der Waals surface area contributed by atoms with Crippen LogP contribution in [0.1, 0.15) is 34.0 Å². The average Bonchev–Trinajstić information content (AvgIpc) is 3.10. The first-order chi connectivity index (χ1) is 9.76. The van der Waals surface area contributed by atoms with E-state index < -0.39 is 0 Å². The van der Waals surface area contributed by atoms with Crippen LogP contribution in [0.2, 0.25) is 0 Å². The predicted molar refractivity (Wildman–Crippen MR) is 85.4 cm³/mol. The molecule has 2 aromatic rings. The van der Waals surface area contributed by atoms with Crippen molar-refractivity contribution >= 4 is 17.0 Å². The van der Waals surface area contributed by atoms with Crippen LogP contribution in [0.4, 0.5) is 5.69 Å². The van der Waals surface area contributed by atoms with Crippen LogP contribution in [0, 0.1) is 6.92 Å². The first-order valence-electron chi connectivity index (χ1n) is 7.25. The molecular formula is C16H21N3S. The van der Waals surface area contributed by atoms with E-state index in [2.05, 4.69) is 41.1 Å².